The van der Waals surface area contributed by atoms with Gasteiger partial charge in [-0.1, -0.05) is 0 Å². The van der Waals surface area contributed by atoms with Crippen molar-refractivity contribution < 1.29 is 64.0 Å². The zero-order valence-electron chi connectivity index (χ0n) is 12.3. The average molecular weight is 366 g/mol. The van der Waals surface area contributed by atoms with Crippen LogP contribution in [0.4, 0.5) is 0 Å². The van der Waals surface area contributed by atoms with E-state index in [1.165, 1.54) is 0 Å². The van der Waals surface area contributed by atoms with Crippen molar-refractivity contribution >= 4 is 17.9 Å². The summed E-state index contributed by atoms with van der Waals surface area (Å²) in [6.45, 7) is -1.42. The summed E-state index contributed by atoms with van der Waals surface area (Å²) in [4.78, 5) is 36.0. The molecular formula is C12H14O13. The quantitative estimate of drug-likeness (QED) is 0.240. The summed E-state index contributed by atoms with van der Waals surface area (Å²) in [6.07, 6.45) is -7.39. The predicted molar refractivity (Wildman–Crippen MR) is 65.3 cm³/mol. The Bertz CT molecular complexity index is 649. The minimum Gasteiger partial charge on any atom is -0.419 e. The van der Waals surface area contributed by atoms with Crippen LogP contribution in [-0.2, 0) is 33.3 Å². The molecule has 3 heterocycles. The van der Waals surface area contributed by atoms with Crippen LogP contribution in [-0.4, -0.2) is 90.5 Å². The molecule has 3 saturated heterocycles. The molecule has 0 aromatic carbocycles. The highest BCUT2D eigenvalue weighted by atomic mass is 17.0. The lowest BCUT2D eigenvalue weighted by Gasteiger charge is -2.53. The Morgan fingerprint density at radius 3 is 2.04 bits per heavy atom. The van der Waals surface area contributed by atoms with E-state index >= 15 is 0 Å². The Hall–Kier alpha value is -1.87. The van der Waals surface area contributed by atoms with Gasteiger partial charge in [0, 0.05) is 0 Å². The number of esters is 3. The highest BCUT2D eigenvalue weighted by molar-refractivity contribution is 5.92. The number of carbonyl (C=O) groups is 3. The zero-order chi connectivity index (χ0) is 18.8. The van der Waals surface area contributed by atoms with Gasteiger partial charge >= 0.3 is 29.7 Å². The van der Waals surface area contributed by atoms with Crippen LogP contribution >= 0.6 is 0 Å². The minimum atomic E-state index is -3.51. The number of ether oxygens (including phenoxy) is 4. The second-order valence-corrected chi connectivity index (χ2v) is 5.97. The molecule has 6 unspecified atom stereocenters. The fourth-order valence-corrected chi connectivity index (χ4v) is 2.76. The second-order valence-electron chi connectivity index (χ2n) is 5.97. The van der Waals surface area contributed by atoms with E-state index < -0.39 is 72.7 Å². The van der Waals surface area contributed by atoms with E-state index in [0.29, 0.717) is 0 Å². The monoisotopic (exact) mass is 366 g/mol. The van der Waals surface area contributed by atoms with Gasteiger partial charge in [0.1, 0.15) is 12.7 Å². The Labute approximate surface area is 137 Å². The van der Waals surface area contributed by atoms with E-state index in [-0.39, 0.29) is 0 Å². The highest BCUT2D eigenvalue weighted by Gasteiger charge is 2.79. The van der Waals surface area contributed by atoms with Crippen LogP contribution in [0.2, 0.25) is 0 Å². The Morgan fingerprint density at radius 1 is 0.920 bits per heavy atom. The smallest absolute Gasteiger partial charge is 0.419 e. The molecule has 3 aliphatic rings. The van der Waals surface area contributed by atoms with Crippen LogP contribution in [0.5, 0.6) is 0 Å². The molecule has 13 nitrogen and oxygen atoms in total. The maximum Gasteiger partial charge on any atom is 0.451 e. The van der Waals surface area contributed by atoms with Crippen molar-refractivity contribution in [2.24, 2.45) is 0 Å². The lowest BCUT2D eigenvalue weighted by molar-refractivity contribution is -0.549. The van der Waals surface area contributed by atoms with Gasteiger partial charge in [-0.05, 0) is 0 Å². The van der Waals surface area contributed by atoms with Gasteiger partial charge in [0.25, 0.3) is 0 Å². The van der Waals surface area contributed by atoms with E-state index in [1.807, 2.05) is 0 Å². The first-order chi connectivity index (χ1) is 11.4. The van der Waals surface area contributed by atoms with Crippen molar-refractivity contribution in [3.63, 3.8) is 0 Å². The minimum absolute atomic E-state index is 1.10. The molecule has 0 radical (unpaired) electrons. The fraction of sp³-hybridized carbons (Fsp3) is 0.750. The van der Waals surface area contributed by atoms with E-state index in [2.05, 4.69) is 14.2 Å². The van der Waals surface area contributed by atoms with Crippen LogP contribution in [0.15, 0.2) is 0 Å². The molecule has 0 aromatic heterocycles. The molecule has 140 valence electrons. The summed E-state index contributed by atoms with van der Waals surface area (Å²) < 4.78 is 18.5. The van der Waals surface area contributed by atoms with Gasteiger partial charge in [0.05, 0.1) is 12.8 Å². The predicted octanol–water partition coefficient (Wildman–Crippen LogP) is -5.07. The molecule has 25 heavy (non-hydrogen) atoms. The number of carbonyl (C=O) groups excluding carboxylic acids is 3. The lowest BCUT2D eigenvalue weighted by Crippen LogP contribution is -2.80. The second kappa shape index (κ2) is 5.07. The Balaban J connectivity index is 2.23. The molecule has 3 fully saturated rings. The van der Waals surface area contributed by atoms with Crippen molar-refractivity contribution in [1.82, 2.24) is 0 Å². The molecule has 13 heteroatoms. The van der Waals surface area contributed by atoms with E-state index in [9.17, 15) is 45.0 Å². The third-order valence-electron chi connectivity index (χ3n) is 4.14. The molecule has 0 aliphatic carbocycles. The molecule has 6 atom stereocenters. The highest BCUT2D eigenvalue weighted by Crippen LogP contribution is 2.48. The van der Waals surface area contributed by atoms with Crippen LogP contribution < -0.4 is 0 Å². The Morgan fingerprint density at radius 2 is 1.48 bits per heavy atom. The average Bonchev–Trinajstić information content (AvgIpc) is 2.56. The molecule has 6 N–H and O–H groups in total. The van der Waals surface area contributed by atoms with Crippen LogP contribution in [0.25, 0.3) is 0 Å². The van der Waals surface area contributed by atoms with Crippen LogP contribution in [0.3, 0.4) is 0 Å². The van der Waals surface area contributed by atoms with Crippen LogP contribution in [0.1, 0.15) is 12.8 Å². The summed E-state index contributed by atoms with van der Waals surface area (Å²) in [5.41, 5.74) is -2.72. The van der Waals surface area contributed by atoms with Gasteiger partial charge in [0.2, 0.25) is 5.79 Å². The maximum atomic E-state index is 12.1. The van der Waals surface area contributed by atoms with E-state index in [1.54, 1.807) is 0 Å². The molecule has 2 bridgehead atoms. The first-order valence-electron chi connectivity index (χ1n) is 6.93. The summed E-state index contributed by atoms with van der Waals surface area (Å²) >= 11 is 0. The zero-order valence-corrected chi connectivity index (χ0v) is 12.3. The largest absolute Gasteiger partial charge is 0.451 e. The first kappa shape index (κ1) is 17.9. The van der Waals surface area contributed by atoms with Gasteiger partial charge in [0.15, 0.2) is 11.7 Å². The fourth-order valence-electron chi connectivity index (χ4n) is 2.76. The van der Waals surface area contributed by atoms with Gasteiger partial charge < -0.3 is 44.8 Å². The molecule has 3 aliphatic heterocycles. The molecule has 0 amide bonds. The van der Waals surface area contributed by atoms with Crippen molar-refractivity contribution in [2.45, 2.75) is 48.2 Å². The summed E-state index contributed by atoms with van der Waals surface area (Å²) in [7, 11) is 0. The van der Waals surface area contributed by atoms with Gasteiger partial charge in [-0.3, -0.25) is 14.3 Å². The number of fused-ring (bicyclic) bond motifs is 2. The van der Waals surface area contributed by atoms with Crippen LogP contribution in [0, 0.1) is 0 Å². The normalized spacial score (nSPS) is 49.9. The summed E-state index contributed by atoms with van der Waals surface area (Å²) in [5.74, 6) is -14.7. The molecule has 1 spiro atoms. The van der Waals surface area contributed by atoms with Crippen molar-refractivity contribution in [2.75, 3.05) is 6.61 Å². The standard InChI is InChI=1S/C12H14O13/c13-3-10(20)6(16)7(17)11(21)12(25-10)23-5(15)2-9(19,8(18)24-12)1-4(14)22-11/h6-7,13,16-17,19-21H,1-3H2. The number of hydrogen-bond donors (Lipinski definition) is 6. The van der Waals surface area contributed by atoms with Gasteiger partial charge in [-0.25, -0.2) is 4.79 Å². The van der Waals surface area contributed by atoms with Crippen molar-refractivity contribution in [3.8, 4) is 0 Å². The number of aliphatic hydroxyl groups excluding tert-OH is 3. The number of rotatable bonds is 1. The van der Waals surface area contributed by atoms with E-state index in [0.717, 1.165) is 0 Å². The number of hydrogen-bond acceptors (Lipinski definition) is 13. The first-order valence-corrected chi connectivity index (χ1v) is 6.93. The summed E-state index contributed by atoms with van der Waals surface area (Å²) in [6, 6.07) is 0. The Kier molecular flexibility index (Phi) is 3.64. The third-order valence-corrected chi connectivity index (χ3v) is 4.14. The molecule has 0 saturated carbocycles. The van der Waals surface area contributed by atoms with Crippen molar-refractivity contribution in [1.29, 1.82) is 0 Å². The third kappa shape index (κ3) is 2.25. The van der Waals surface area contributed by atoms with Crippen molar-refractivity contribution in [3.05, 3.63) is 0 Å². The molecular weight excluding hydrogens is 352 g/mol. The summed E-state index contributed by atoms with van der Waals surface area (Å²) in [5, 5.41) is 59.9. The molecule has 3 rings (SSSR count). The van der Waals surface area contributed by atoms with Gasteiger partial charge in [-0.15, -0.1) is 0 Å². The van der Waals surface area contributed by atoms with E-state index in [4.69, 9.17) is 4.74 Å². The lowest BCUT2D eigenvalue weighted by atomic mass is 9.90. The number of aliphatic hydroxyl groups is 6. The SMILES string of the molecule is O=C1CC2(O)CC(=O)OC3(O)C(O)C(O)C(O)(CO)OC3(O1)OC2=O. The maximum absolute atomic E-state index is 12.1. The topological polar surface area (TPSA) is 210 Å². The van der Waals surface area contributed by atoms with Gasteiger partial charge in [-0.2, -0.15) is 0 Å². The molecule has 0 aromatic rings.